The fraction of sp³-hybridized carbons (Fsp3) is 0.440. The highest BCUT2D eigenvalue weighted by atomic mass is 16.5. The van der Waals surface area contributed by atoms with Gasteiger partial charge in [-0.25, -0.2) is 15.0 Å². The highest BCUT2D eigenvalue weighted by Gasteiger charge is 2.29. The fourth-order valence-corrected chi connectivity index (χ4v) is 5.45. The molecule has 7 heterocycles. The summed E-state index contributed by atoms with van der Waals surface area (Å²) in [5, 5.41) is 8.73. The van der Waals surface area contributed by atoms with Crippen molar-refractivity contribution in [3.05, 3.63) is 41.5 Å². The minimum absolute atomic E-state index is 0.401. The SMILES string of the molecule is Cc1cnc(N[C@H]2CC3CCN(CC3)C2)nc1-c1c[nH]c2nc(-c3c(C)noc3C)ccc12. The van der Waals surface area contributed by atoms with E-state index >= 15 is 0 Å². The third-order valence-electron chi connectivity index (χ3n) is 7.19. The summed E-state index contributed by atoms with van der Waals surface area (Å²) in [5.41, 5.74) is 6.48. The van der Waals surface area contributed by atoms with Crippen LogP contribution in [0.15, 0.2) is 29.0 Å². The largest absolute Gasteiger partial charge is 0.361 e. The zero-order chi connectivity index (χ0) is 22.5. The maximum Gasteiger partial charge on any atom is 0.223 e. The molecule has 0 aliphatic carbocycles. The summed E-state index contributed by atoms with van der Waals surface area (Å²) in [6, 6.07) is 4.52. The third kappa shape index (κ3) is 3.68. The van der Waals surface area contributed by atoms with Gasteiger partial charge in [0.2, 0.25) is 5.95 Å². The molecule has 3 fully saturated rings. The summed E-state index contributed by atoms with van der Waals surface area (Å²) in [6.45, 7) is 9.43. The van der Waals surface area contributed by atoms with Crippen LogP contribution in [0.4, 0.5) is 5.95 Å². The van der Waals surface area contributed by atoms with E-state index in [0.29, 0.717) is 12.0 Å². The van der Waals surface area contributed by atoms with Gasteiger partial charge in [-0.3, -0.25) is 0 Å². The molecule has 8 heteroatoms. The van der Waals surface area contributed by atoms with Crippen LogP contribution in [0.5, 0.6) is 0 Å². The molecule has 7 rings (SSSR count). The number of aryl methyl sites for hydroxylation is 3. The number of anilines is 1. The van der Waals surface area contributed by atoms with E-state index in [2.05, 4.69) is 38.3 Å². The van der Waals surface area contributed by atoms with E-state index in [9.17, 15) is 0 Å². The van der Waals surface area contributed by atoms with Gasteiger partial charge in [0.25, 0.3) is 0 Å². The first-order chi connectivity index (χ1) is 16.0. The highest BCUT2D eigenvalue weighted by Crippen LogP contribution is 2.33. The first-order valence-corrected chi connectivity index (χ1v) is 11.8. The molecule has 8 nitrogen and oxygen atoms in total. The normalized spacial score (nSPS) is 22.6. The van der Waals surface area contributed by atoms with Crippen LogP contribution in [0.1, 0.15) is 36.3 Å². The van der Waals surface area contributed by atoms with Crippen molar-refractivity contribution in [3.63, 3.8) is 0 Å². The van der Waals surface area contributed by atoms with E-state index in [1.165, 1.54) is 32.4 Å². The van der Waals surface area contributed by atoms with Crippen LogP contribution in [-0.2, 0) is 0 Å². The second-order valence-electron chi connectivity index (χ2n) is 9.54. The Balaban J connectivity index is 1.32. The topological polar surface area (TPSA) is 95.8 Å². The summed E-state index contributed by atoms with van der Waals surface area (Å²) in [6.07, 6.45) is 7.74. The average Bonchev–Trinajstić information content (AvgIpc) is 3.24. The van der Waals surface area contributed by atoms with Crippen LogP contribution in [0.3, 0.4) is 0 Å². The summed E-state index contributed by atoms with van der Waals surface area (Å²) >= 11 is 0. The molecule has 0 aromatic carbocycles. The summed E-state index contributed by atoms with van der Waals surface area (Å²) < 4.78 is 5.33. The molecule has 3 aliphatic rings. The van der Waals surface area contributed by atoms with Crippen molar-refractivity contribution in [3.8, 4) is 22.5 Å². The van der Waals surface area contributed by atoms with E-state index in [1.807, 2.05) is 32.3 Å². The van der Waals surface area contributed by atoms with Crippen molar-refractivity contribution >= 4 is 17.0 Å². The van der Waals surface area contributed by atoms with Gasteiger partial charge >= 0.3 is 0 Å². The molecule has 2 bridgehead atoms. The van der Waals surface area contributed by atoms with Gasteiger partial charge in [0, 0.05) is 35.9 Å². The molecule has 4 aromatic rings. The van der Waals surface area contributed by atoms with E-state index in [0.717, 1.165) is 63.0 Å². The number of hydrogen-bond donors (Lipinski definition) is 2. The number of H-pyrrole nitrogens is 1. The minimum atomic E-state index is 0.401. The Morgan fingerprint density at radius 1 is 1.12 bits per heavy atom. The lowest BCUT2D eigenvalue weighted by molar-refractivity contribution is 0.223. The van der Waals surface area contributed by atoms with Crippen LogP contribution in [0.2, 0.25) is 0 Å². The number of nitrogens with zero attached hydrogens (tertiary/aromatic N) is 5. The van der Waals surface area contributed by atoms with Crippen LogP contribution in [0, 0.1) is 26.7 Å². The Labute approximate surface area is 192 Å². The zero-order valence-corrected chi connectivity index (χ0v) is 19.4. The summed E-state index contributed by atoms with van der Waals surface area (Å²) in [5.74, 6) is 2.30. The molecule has 1 atom stereocenters. The lowest BCUT2D eigenvalue weighted by Gasteiger charge is -2.26. The Kier molecular flexibility index (Phi) is 4.90. The Morgan fingerprint density at radius 3 is 2.76 bits per heavy atom. The maximum atomic E-state index is 5.33. The van der Waals surface area contributed by atoms with Crippen LogP contribution >= 0.6 is 0 Å². The fourth-order valence-electron chi connectivity index (χ4n) is 5.45. The molecule has 33 heavy (non-hydrogen) atoms. The van der Waals surface area contributed by atoms with Crippen molar-refractivity contribution in [2.45, 2.75) is 46.1 Å². The first-order valence-electron chi connectivity index (χ1n) is 11.8. The quantitative estimate of drug-likeness (QED) is 0.479. The number of aromatic amines is 1. The first kappa shape index (κ1) is 20.4. The predicted molar refractivity (Wildman–Crippen MR) is 128 cm³/mol. The van der Waals surface area contributed by atoms with Gasteiger partial charge in [-0.05, 0) is 76.7 Å². The molecule has 0 amide bonds. The van der Waals surface area contributed by atoms with Gasteiger partial charge < -0.3 is 19.7 Å². The van der Waals surface area contributed by atoms with Gasteiger partial charge in [-0.1, -0.05) is 5.16 Å². The standard InChI is InChI=1S/C25H29N7O/c1-14-11-27-25(28-18-10-17-6-8-32(13-18)9-7-17)30-23(14)20-12-26-24-19(20)4-5-21(29-24)22-15(2)31-33-16(22)3/h4-5,11-12,17-18H,6-10,13H2,1-3H3,(H,26,29)(H,27,28,30)/t18-/m0/s1. The van der Waals surface area contributed by atoms with Crippen molar-refractivity contribution in [2.24, 2.45) is 5.92 Å². The monoisotopic (exact) mass is 443 g/mol. The zero-order valence-electron chi connectivity index (χ0n) is 19.4. The highest BCUT2D eigenvalue weighted by molar-refractivity contribution is 5.94. The number of hydrogen-bond acceptors (Lipinski definition) is 7. The van der Waals surface area contributed by atoms with Crippen molar-refractivity contribution in [2.75, 3.05) is 25.0 Å². The molecule has 2 N–H and O–H groups in total. The number of piperidine rings is 1. The number of aromatic nitrogens is 5. The molecular formula is C25H29N7O. The summed E-state index contributed by atoms with van der Waals surface area (Å²) in [4.78, 5) is 20.3. The maximum absolute atomic E-state index is 5.33. The summed E-state index contributed by atoms with van der Waals surface area (Å²) in [7, 11) is 0. The number of nitrogens with one attached hydrogen (secondary N) is 2. The molecule has 3 saturated heterocycles. The van der Waals surface area contributed by atoms with E-state index < -0.39 is 0 Å². The van der Waals surface area contributed by atoms with Gasteiger partial charge in [0.1, 0.15) is 11.4 Å². The Morgan fingerprint density at radius 2 is 1.97 bits per heavy atom. The van der Waals surface area contributed by atoms with Crippen LogP contribution in [-0.4, -0.2) is 55.7 Å². The van der Waals surface area contributed by atoms with Gasteiger partial charge in [0.15, 0.2) is 0 Å². The molecule has 0 radical (unpaired) electrons. The Bertz CT molecular complexity index is 1280. The van der Waals surface area contributed by atoms with Crippen molar-refractivity contribution in [1.82, 2.24) is 30.0 Å². The smallest absolute Gasteiger partial charge is 0.223 e. The lowest BCUT2D eigenvalue weighted by atomic mass is 9.94. The van der Waals surface area contributed by atoms with E-state index in [1.54, 1.807) is 0 Å². The van der Waals surface area contributed by atoms with Crippen molar-refractivity contribution in [1.29, 1.82) is 0 Å². The predicted octanol–water partition coefficient (Wildman–Crippen LogP) is 4.50. The molecule has 0 saturated carbocycles. The third-order valence-corrected chi connectivity index (χ3v) is 7.19. The van der Waals surface area contributed by atoms with Gasteiger partial charge in [-0.15, -0.1) is 0 Å². The Hall–Kier alpha value is -3.26. The second kappa shape index (κ2) is 7.95. The minimum Gasteiger partial charge on any atom is -0.361 e. The number of rotatable bonds is 4. The lowest BCUT2D eigenvalue weighted by Crippen LogP contribution is -2.35. The molecule has 4 aromatic heterocycles. The average molecular weight is 444 g/mol. The van der Waals surface area contributed by atoms with E-state index in [-0.39, 0.29) is 0 Å². The molecule has 0 spiro atoms. The molecule has 3 aliphatic heterocycles. The molecule has 0 unspecified atom stereocenters. The number of pyridine rings is 1. The van der Waals surface area contributed by atoms with Gasteiger partial charge in [0.05, 0.1) is 22.6 Å². The van der Waals surface area contributed by atoms with E-state index in [4.69, 9.17) is 14.5 Å². The number of fused-ring (bicyclic) bond motifs is 5. The second-order valence-corrected chi connectivity index (χ2v) is 9.54. The molecule has 170 valence electrons. The molecular weight excluding hydrogens is 414 g/mol. The van der Waals surface area contributed by atoms with Gasteiger partial charge in [-0.2, -0.15) is 0 Å². The van der Waals surface area contributed by atoms with Crippen LogP contribution in [0.25, 0.3) is 33.5 Å². The van der Waals surface area contributed by atoms with Crippen molar-refractivity contribution < 1.29 is 4.52 Å². The van der Waals surface area contributed by atoms with Crippen LogP contribution < -0.4 is 5.32 Å².